The molecule has 4 heteroatoms. The van der Waals surface area contributed by atoms with Crippen LogP contribution in [0, 0.1) is 0 Å². The van der Waals surface area contributed by atoms with Gasteiger partial charge in [-0.1, -0.05) is 25.7 Å². The molecule has 4 nitrogen and oxygen atoms in total. The minimum atomic E-state index is -0.0825. The summed E-state index contributed by atoms with van der Waals surface area (Å²) in [5.41, 5.74) is 13.6. The van der Waals surface area contributed by atoms with Crippen molar-refractivity contribution in [1.82, 2.24) is 4.98 Å². The Balaban J connectivity index is 2.31. The quantitative estimate of drug-likeness (QED) is 0.684. The van der Waals surface area contributed by atoms with Crippen LogP contribution >= 0.6 is 0 Å². The number of rotatable bonds is 2. The van der Waals surface area contributed by atoms with Crippen LogP contribution in [0.4, 0.5) is 5.69 Å². The van der Waals surface area contributed by atoms with E-state index in [-0.39, 0.29) is 12.1 Å². The Labute approximate surface area is 101 Å². The molecule has 1 aromatic rings. The maximum absolute atomic E-state index is 11.8. The van der Waals surface area contributed by atoms with Crippen molar-refractivity contribution >= 4 is 5.69 Å². The Bertz CT molecular complexity index is 431. The molecule has 0 spiro atoms. The van der Waals surface area contributed by atoms with Gasteiger partial charge in [0.2, 0.25) is 0 Å². The van der Waals surface area contributed by atoms with Crippen LogP contribution in [0.5, 0.6) is 0 Å². The first kappa shape index (κ1) is 12.2. The normalized spacial score (nSPS) is 17.9. The fraction of sp³-hybridized carbons (Fsp3) is 0.615. The third kappa shape index (κ3) is 2.69. The zero-order valence-electron chi connectivity index (χ0n) is 10.2. The average molecular weight is 235 g/mol. The lowest BCUT2D eigenvalue weighted by Crippen LogP contribution is -2.20. The van der Waals surface area contributed by atoms with E-state index >= 15 is 0 Å². The van der Waals surface area contributed by atoms with Crippen molar-refractivity contribution < 1.29 is 0 Å². The minimum Gasteiger partial charge on any atom is -0.397 e. The van der Waals surface area contributed by atoms with Crippen LogP contribution in [0.3, 0.4) is 0 Å². The van der Waals surface area contributed by atoms with E-state index in [0.29, 0.717) is 17.2 Å². The highest BCUT2D eigenvalue weighted by Crippen LogP contribution is 2.32. The lowest BCUT2D eigenvalue weighted by molar-refractivity contribution is 0.577. The van der Waals surface area contributed by atoms with Gasteiger partial charge < -0.3 is 16.5 Å². The van der Waals surface area contributed by atoms with Crippen LogP contribution in [0.25, 0.3) is 0 Å². The molecule has 0 amide bonds. The largest absolute Gasteiger partial charge is 0.397 e. The number of anilines is 1. The molecule has 0 aliphatic heterocycles. The molecule has 0 aromatic carbocycles. The molecule has 1 saturated carbocycles. The molecule has 1 heterocycles. The Morgan fingerprint density at radius 3 is 2.47 bits per heavy atom. The van der Waals surface area contributed by atoms with Gasteiger partial charge >= 0.3 is 0 Å². The third-order valence-corrected chi connectivity index (χ3v) is 3.66. The van der Waals surface area contributed by atoms with Crippen LogP contribution < -0.4 is 17.0 Å². The standard InChI is InChI=1S/C13H21N3O/c14-8-10-7-11(15)12(16-13(10)17)9-5-3-1-2-4-6-9/h7,9H,1-6,8,14-15H2,(H,16,17). The van der Waals surface area contributed by atoms with Crippen molar-refractivity contribution in [1.29, 1.82) is 0 Å². The SMILES string of the molecule is NCc1cc(N)c(C2CCCCCC2)[nH]c1=O. The lowest BCUT2D eigenvalue weighted by atomic mass is 9.94. The van der Waals surface area contributed by atoms with Gasteiger partial charge in [-0.25, -0.2) is 0 Å². The predicted octanol–water partition coefficient (Wildman–Crippen LogP) is 1.85. The molecule has 1 aliphatic carbocycles. The van der Waals surface area contributed by atoms with E-state index < -0.39 is 0 Å². The molecule has 0 atom stereocenters. The summed E-state index contributed by atoms with van der Waals surface area (Å²) >= 11 is 0. The number of H-pyrrole nitrogens is 1. The summed E-state index contributed by atoms with van der Waals surface area (Å²) in [6, 6.07) is 1.74. The summed E-state index contributed by atoms with van der Waals surface area (Å²) < 4.78 is 0. The number of nitrogen functional groups attached to an aromatic ring is 1. The Kier molecular flexibility index (Phi) is 3.84. The zero-order valence-corrected chi connectivity index (χ0v) is 10.2. The summed E-state index contributed by atoms with van der Waals surface area (Å²) in [6.07, 6.45) is 7.29. The molecule has 1 aromatic heterocycles. The minimum absolute atomic E-state index is 0.0825. The molecule has 0 radical (unpaired) electrons. The summed E-state index contributed by atoms with van der Waals surface area (Å²) in [6.45, 7) is 0.241. The molecule has 1 aliphatic rings. The van der Waals surface area contributed by atoms with Crippen LogP contribution in [-0.2, 0) is 6.54 Å². The zero-order chi connectivity index (χ0) is 12.3. The number of nitrogens with one attached hydrogen (secondary N) is 1. The Hall–Kier alpha value is -1.29. The summed E-state index contributed by atoms with van der Waals surface area (Å²) in [5, 5.41) is 0. The van der Waals surface area contributed by atoms with Crippen molar-refractivity contribution in [3.63, 3.8) is 0 Å². The molecule has 1 fully saturated rings. The highest BCUT2D eigenvalue weighted by molar-refractivity contribution is 5.46. The Morgan fingerprint density at radius 1 is 1.24 bits per heavy atom. The first-order chi connectivity index (χ1) is 8.22. The summed E-state index contributed by atoms with van der Waals surface area (Å²) in [5.74, 6) is 0.414. The molecule has 5 N–H and O–H groups in total. The number of nitrogens with two attached hydrogens (primary N) is 2. The van der Waals surface area contributed by atoms with Crippen LogP contribution in [0.1, 0.15) is 55.7 Å². The molecule has 2 rings (SSSR count). The molecule has 0 unspecified atom stereocenters. The number of hydrogen-bond donors (Lipinski definition) is 3. The number of hydrogen-bond acceptors (Lipinski definition) is 3. The molecule has 0 bridgehead atoms. The highest BCUT2D eigenvalue weighted by Gasteiger charge is 2.18. The topological polar surface area (TPSA) is 84.9 Å². The second kappa shape index (κ2) is 5.36. The van der Waals surface area contributed by atoms with Crippen molar-refractivity contribution in [3.05, 3.63) is 27.7 Å². The van der Waals surface area contributed by atoms with Gasteiger partial charge in [0.15, 0.2) is 0 Å². The average Bonchev–Trinajstić information content (AvgIpc) is 2.60. The fourth-order valence-corrected chi connectivity index (χ4v) is 2.66. The van der Waals surface area contributed by atoms with E-state index in [1.54, 1.807) is 6.07 Å². The van der Waals surface area contributed by atoms with Gasteiger partial charge in [-0.2, -0.15) is 0 Å². The maximum atomic E-state index is 11.8. The van der Waals surface area contributed by atoms with Gasteiger partial charge in [0.1, 0.15) is 0 Å². The molecular weight excluding hydrogens is 214 g/mol. The molecular formula is C13H21N3O. The van der Waals surface area contributed by atoms with Gasteiger partial charge in [0, 0.05) is 23.7 Å². The molecule has 94 valence electrons. The smallest absolute Gasteiger partial charge is 0.252 e. The monoisotopic (exact) mass is 235 g/mol. The fourth-order valence-electron chi connectivity index (χ4n) is 2.66. The van der Waals surface area contributed by atoms with Gasteiger partial charge in [0.05, 0.1) is 5.69 Å². The summed E-state index contributed by atoms with van der Waals surface area (Å²) in [7, 11) is 0. The molecule has 17 heavy (non-hydrogen) atoms. The van der Waals surface area contributed by atoms with E-state index in [1.165, 1.54) is 25.7 Å². The second-order valence-corrected chi connectivity index (χ2v) is 4.89. The number of aromatic nitrogens is 1. The van der Waals surface area contributed by atoms with E-state index in [2.05, 4.69) is 4.98 Å². The van der Waals surface area contributed by atoms with Crippen molar-refractivity contribution in [2.75, 3.05) is 5.73 Å². The third-order valence-electron chi connectivity index (χ3n) is 3.66. The summed E-state index contributed by atoms with van der Waals surface area (Å²) in [4.78, 5) is 14.7. The number of pyridine rings is 1. The van der Waals surface area contributed by atoms with E-state index in [4.69, 9.17) is 11.5 Å². The van der Waals surface area contributed by atoms with Gasteiger partial charge in [-0.3, -0.25) is 4.79 Å². The van der Waals surface area contributed by atoms with Gasteiger partial charge in [0.25, 0.3) is 5.56 Å². The van der Waals surface area contributed by atoms with Gasteiger partial charge in [-0.05, 0) is 18.9 Å². The number of aromatic amines is 1. The lowest BCUT2D eigenvalue weighted by Gasteiger charge is -2.16. The van der Waals surface area contributed by atoms with E-state index in [1.807, 2.05) is 0 Å². The van der Waals surface area contributed by atoms with E-state index in [0.717, 1.165) is 18.5 Å². The van der Waals surface area contributed by atoms with Crippen LogP contribution in [0.2, 0.25) is 0 Å². The predicted molar refractivity (Wildman–Crippen MR) is 69.8 cm³/mol. The Morgan fingerprint density at radius 2 is 1.88 bits per heavy atom. The van der Waals surface area contributed by atoms with Crippen molar-refractivity contribution in [2.45, 2.75) is 51.0 Å². The van der Waals surface area contributed by atoms with Crippen LogP contribution in [-0.4, -0.2) is 4.98 Å². The second-order valence-electron chi connectivity index (χ2n) is 4.89. The van der Waals surface area contributed by atoms with Crippen LogP contribution in [0.15, 0.2) is 10.9 Å². The van der Waals surface area contributed by atoms with E-state index in [9.17, 15) is 4.79 Å². The van der Waals surface area contributed by atoms with Gasteiger partial charge in [-0.15, -0.1) is 0 Å². The first-order valence-corrected chi connectivity index (χ1v) is 6.44. The highest BCUT2D eigenvalue weighted by atomic mass is 16.1. The van der Waals surface area contributed by atoms with Crippen molar-refractivity contribution in [2.24, 2.45) is 5.73 Å². The molecule has 0 saturated heterocycles. The maximum Gasteiger partial charge on any atom is 0.252 e. The first-order valence-electron chi connectivity index (χ1n) is 6.44. The van der Waals surface area contributed by atoms with Crippen molar-refractivity contribution in [3.8, 4) is 0 Å².